The number of rotatable bonds is 15. The smallest absolute Gasteiger partial charge is 0.120 e. The van der Waals surface area contributed by atoms with Crippen LogP contribution in [0, 0.1) is 45.3 Å². The molecule has 2 aromatic carbocycles. The molecule has 0 fully saturated rings. The molecule has 0 atom stereocenters. The predicted molar refractivity (Wildman–Crippen MR) is 129 cm³/mol. The zero-order chi connectivity index (χ0) is 24.4. The molecule has 0 amide bonds. The Bertz CT molecular complexity index is 996. The number of nitrogens with zero attached hydrogens (tertiary/aromatic N) is 4. The normalized spacial score (nSPS) is 9.88. The van der Waals surface area contributed by atoms with Crippen LogP contribution >= 0.6 is 0 Å². The summed E-state index contributed by atoms with van der Waals surface area (Å²) in [5, 5.41) is 36.0. The summed E-state index contributed by atoms with van der Waals surface area (Å²) in [5.74, 6) is 1.29. The van der Waals surface area contributed by atoms with E-state index in [0.717, 1.165) is 25.7 Å². The molecule has 0 radical (unpaired) electrons. The van der Waals surface area contributed by atoms with E-state index < -0.39 is 0 Å². The van der Waals surface area contributed by atoms with E-state index in [-0.39, 0.29) is 0 Å². The van der Waals surface area contributed by atoms with E-state index in [9.17, 15) is 0 Å². The zero-order valence-corrected chi connectivity index (χ0v) is 19.6. The molecule has 0 saturated carbocycles. The Kier molecular flexibility index (Phi) is 12.2. The summed E-state index contributed by atoms with van der Waals surface area (Å²) in [6.07, 6.45) is 11.6. The average molecular weight is 455 g/mol. The van der Waals surface area contributed by atoms with Crippen LogP contribution in [0.3, 0.4) is 0 Å². The molecule has 6 nitrogen and oxygen atoms in total. The summed E-state index contributed by atoms with van der Waals surface area (Å²) in [4.78, 5) is 0. The summed E-state index contributed by atoms with van der Waals surface area (Å²) < 4.78 is 11.4. The van der Waals surface area contributed by atoms with Crippen LogP contribution in [0.4, 0.5) is 0 Å². The van der Waals surface area contributed by atoms with Crippen LogP contribution in [0.2, 0.25) is 0 Å². The monoisotopic (exact) mass is 454 g/mol. The largest absolute Gasteiger partial charge is 0.494 e. The summed E-state index contributed by atoms with van der Waals surface area (Å²) >= 11 is 0. The van der Waals surface area contributed by atoms with E-state index in [0.29, 0.717) is 47.0 Å². The van der Waals surface area contributed by atoms with Crippen LogP contribution in [0.5, 0.6) is 11.5 Å². The van der Waals surface area contributed by atoms with Gasteiger partial charge in [-0.15, -0.1) is 0 Å². The van der Waals surface area contributed by atoms with Gasteiger partial charge in [0.2, 0.25) is 0 Å². The lowest BCUT2D eigenvalue weighted by atomic mass is 10.1. The molecule has 0 aromatic heterocycles. The topological polar surface area (TPSA) is 114 Å². The van der Waals surface area contributed by atoms with Gasteiger partial charge in [-0.05, 0) is 49.2 Å². The van der Waals surface area contributed by atoms with Gasteiger partial charge in [-0.3, -0.25) is 0 Å². The molecule has 0 heterocycles. The maximum atomic E-state index is 9.05. The van der Waals surface area contributed by atoms with Gasteiger partial charge in [0.25, 0.3) is 0 Å². The van der Waals surface area contributed by atoms with Crippen LogP contribution in [0.15, 0.2) is 36.4 Å². The van der Waals surface area contributed by atoms with Gasteiger partial charge in [0.15, 0.2) is 0 Å². The first-order valence-corrected chi connectivity index (χ1v) is 11.9. The molecule has 6 heteroatoms. The Hall–Kier alpha value is -4.00. The first-order valence-electron chi connectivity index (χ1n) is 11.9. The Morgan fingerprint density at radius 2 is 0.765 bits per heavy atom. The average Bonchev–Trinajstić information content (AvgIpc) is 2.88. The minimum Gasteiger partial charge on any atom is -0.494 e. The first kappa shape index (κ1) is 26.3. The van der Waals surface area contributed by atoms with Gasteiger partial charge in [-0.25, -0.2) is 0 Å². The van der Waals surface area contributed by atoms with Crippen molar-refractivity contribution in [2.24, 2.45) is 0 Å². The van der Waals surface area contributed by atoms with E-state index in [1.165, 1.54) is 38.5 Å². The Balaban J connectivity index is 1.41. The minimum absolute atomic E-state index is 0.355. The Morgan fingerprint density at radius 3 is 1.09 bits per heavy atom. The molecule has 0 saturated heterocycles. The quantitative estimate of drug-likeness (QED) is 0.283. The van der Waals surface area contributed by atoms with Gasteiger partial charge in [0.05, 0.1) is 35.5 Å². The van der Waals surface area contributed by atoms with Crippen LogP contribution in [0.25, 0.3) is 0 Å². The molecule has 2 aromatic rings. The summed E-state index contributed by atoms with van der Waals surface area (Å²) in [6, 6.07) is 18.0. The SMILES string of the molecule is N#Cc1ccc(OCCCCCCCCCCCCOc2ccc(C#N)c(C#N)c2)cc1C#N. The van der Waals surface area contributed by atoms with Gasteiger partial charge in [-0.2, -0.15) is 21.0 Å². The summed E-state index contributed by atoms with van der Waals surface area (Å²) in [5.41, 5.74) is 1.46. The van der Waals surface area contributed by atoms with Gasteiger partial charge in [0.1, 0.15) is 35.8 Å². The van der Waals surface area contributed by atoms with Crippen molar-refractivity contribution in [1.29, 1.82) is 21.0 Å². The van der Waals surface area contributed by atoms with E-state index in [1.54, 1.807) is 36.4 Å². The predicted octanol–water partition coefficient (Wildman–Crippen LogP) is 6.53. The molecule has 34 heavy (non-hydrogen) atoms. The van der Waals surface area contributed by atoms with Crippen molar-refractivity contribution in [2.75, 3.05) is 13.2 Å². The van der Waals surface area contributed by atoms with Gasteiger partial charge < -0.3 is 9.47 Å². The molecule has 0 aliphatic heterocycles. The summed E-state index contributed by atoms with van der Waals surface area (Å²) in [6.45, 7) is 1.25. The standard InChI is InChI=1S/C28H30N4O2/c29-19-23-11-13-27(17-25(23)21-31)33-15-9-7-5-3-1-2-4-6-8-10-16-34-28-14-12-24(20-30)26(18-28)22-32/h11-14,17-18H,1-10,15-16H2. The highest BCUT2D eigenvalue weighted by molar-refractivity contribution is 5.49. The van der Waals surface area contributed by atoms with Crippen LogP contribution < -0.4 is 9.47 Å². The number of unbranched alkanes of at least 4 members (excludes halogenated alkanes) is 9. The Morgan fingerprint density at radius 1 is 0.441 bits per heavy atom. The maximum absolute atomic E-state index is 9.05. The van der Waals surface area contributed by atoms with Crippen molar-refractivity contribution >= 4 is 0 Å². The maximum Gasteiger partial charge on any atom is 0.120 e. The van der Waals surface area contributed by atoms with Crippen molar-refractivity contribution in [3.05, 3.63) is 58.7 Å². The minimum atomic E-state index is 0.355. The fourth-order valence-electron chi connectivity index (χ4n) is 3.60. The number of hydrogen-bond acceptors (Lipinski definition) is 6. The molecular weight excluding hydrogens is 424 g/mol. The first-order chi connectivity index (χ1) is 16.7. The summed E-state index contributed by atoms with van der Waals surface area (Å²) in [7, 11) is 0. The Labute approximate surface area is 202 Å². The third kappa shape index (κ3) is 9.24. The third-order valence-electron chi connectivity index (χ3n) is 5.54. The lowest BCUT2D eigenvalue weighted by Crippen LogP contribution is -1.98. The lowest BCUT2D eigenvalue weighted by Gasteiger charge is -2.07. The highest BCUT2D eigenvalue weighted by Gasteiger charge is 2.04. The van der Waals surface area contributed by atoms with Crippen molar-refractivity contribution in [1.82, 2.24) is 0 Å². The number of ether oxygens (including phenoxy) is 2. The molecule has 0 spiro atoms. The van der Waals surface area contributed by atoms with Gasteiger partial charge >= 0.3 is 0 Å². The molecule has 0 aliphatic carbocycles. The fourth-order valence-corrected chi connectivity index (χ4v) is 3.60. The van der Waals surface area contributed by atoms with Crippen molar-refractivity contribution < 1.29 is 9.47 Å². The highest BCUT2D eigenvalue weighted by Crippen LogP contribution is 2.19. The molecule has 0 aliphatic rings. The van der Waals surface area contributed by atoms with E-state index in [2.05, 4.69) is 0 Å². The van der Waals surface area contributed by atoms with Crippen molar-refractivity contribution in [3.63, 3.8) is 0 Å². The molecular formula is C28H30N4O2. The van der Waals surface area contributed by atoms with Crippen LogP contribution in [-0.4, -0.2) is 13.2 Å². The second-order valence-corrected chi connectivity index (χ2v) is 8.09. The second-order valence-electron chi connectivity index (χ2n) is 8.09. The van der Waals surface area contributed by atoms with E-state index >= 15 is 0 Å². The molecule has 174 valence electrons. The van der Waals surface area contributed by atoms with Crippen LogP contribution in [0.1, 0.15) is 86.5 Å². The second kappa shape index (κ2) is 15.7. The third-order valence-corrected chi connectivity index (χ3v) is 5.54. The van der Waals surface area contributed by atoms with E-state index in [1.807, 2.05) is 24.3 Å². The van der Waals surface area contributed by atoms with Gasteiger partial charge in [0, 0.05) is 0 Å². The molecule has 0 N–H and O–H groups in total. The van der Waals surface area contributed by atoms with E-state index in [4.69, 9.17) is 30.5 Å². The number of nitriles is 4. The lowest BCUT2D eigenvalue weighted by molar-refractivity contribution is 0.302. The van der Waals surface area contributed by atoms with Crippen LogP contribution in [-0.2, 0) is 0 Å². The highest BCUT2D eigenvalue weighted by atomic mass is 16.5. The fraction of sp³-hybridized carbons (Fsp3) is 0.429. The van der Waals surface area contributed by atoms with Crippen molar-refractivity contribution in [2.45, 2.75) is 64.2 Å². The molecule has 2 rings (SSSR count). The molecule has 0 bridgehead atoms. The molecule has 0 unspecified atom stereocenters. The number of hydrogen-bond donors (Lipinski definition) is 0. The van der Waals surface area contributed by atoms with Gasteiger partial charge in [-0.1, -0.05) is 51.4 Å². The van der Waals surface area contributed by atoms with Crippen molar-refractivity contribution in [3.8, 4) is 35.8 Å². The zero-order valence-electron chi connectivity index (χ0n) is 19.6. The number of benzene rings is 2.